The number of hydrogen-bond donors (Lipinski definition) is 3. The SMILES string of the molecule is CC(N)(Cc1ccc(N)cc1)C(=O)O.Cl.Cl. The molecular weight excluding hydrogens is 251 g/mol. The third-order valence-corrected chi connectivity index (χ3v) is 2.04. The van der Waals surface area contributed by atoms with Crippen LogP contribution in [0.1, 0.15) is 12.5 Å². The maximum Gasteiger partial charge on any atom is 0.323 e. The van der Waals surface area contributed by atoms with E-state index < -0.39 is 11.5 Å². The Morgan fingerprint density at radius 2 is 1.75 bits per heavy atom. The fraction of sp³-hybridized carbons (Fsp3) is 0.300. The Bertz CT molecular complexity index is 339. The summed E-state index contributed by atoms with van der Waals surface area (Å²) in [6.07, 6.45) is 0.294. The van der Waals surface area contributed by atoms with E-state index >= 15 is 0 Å². The van der Waals surface area contributed by atoms with Crippen molar-refractivity contribution in [2.75, 3.05) is 5.73 Å². The number of carboxylic acids is 1. The van der Waals surface area contributed by atoms with E-state index in [1.54, 1.807) is 24.3 Å². The van der Waals surface area contributed by atoms with Crippen molar-refractivity contribution < 1.29 is 9.90 Å². The number of benzene rings is 1. The number of anilines is 1. The first-order valence-electron chi connectivity index (χ1n) is 4.28. The van der Waals surface area contributed by atoms with Crippen molar-refractivity contribution in [1.29, 1.82) is 0 Å². The second kappa shape index (κ2) is 6.58. The molecule has 1 rings (SSSR count). The van der Waals surface area contributed by atoms with Crippen LogP contribution in [0.4, 0.5) is 5.69 Å². The number of carboxylic acid groups (broad SMARTS) is 1. The normalized spacial score (nSPS) is 12.9. The van der Waals surface area contributed by atoms with Crippen molar-refractivity contribution in [3.8, 4) is 0 Å². The molecule has 16 heavy (non-hydrogen) atoms. The first kappa shape index (κ1) is 17.4. The number of nitrogen functional groups attached to an aromatic ring is 1. The summed E-state index contributed by atoms with van der Waals surface area (Å²) in [4.78, 5) is 10.7. The van der Waals surface area contributed by atoms with Crippen molar-refractivity contribution in [1.82, 2.24) is 0 Å². The highest BCUT2D eigenvalue weighted by molar-refractivity contribution is 5.85. The fourth-order valence-corrected chi connectivity index (χ4v) is 1.14. The van der Waals surface area contributed by atoms with Crippen LogP contribution in [0.5, 0.6) is 0 Å². The minimum Gasteiger partial charge on any atom is -0.480 e. The summed E-state index contributed by atoms with van der Waals surface area (Å²) in [6.45, 7) is 1.49. The molecule has 0 aliphatic rings. The summed E-state index contributed by atoms with van der Waals surface area (Å²) in [5.74, 6) is -1.01. The van der Waals surface area contributed by atoms with Gasteiger partial charge in [-0.1, -0.05) is 12.1 Å². The molecular formula is C10H16Cl2N2O2. The third kappa shape index (κ3) is 4.70. The lowest BCUT2D eigenvalue weighted by Gasteiger charge is -2.18. The van der Waals surface area contributed by atoms with E-state index in [9.17, 15) is 4.79 Å². The van der Waals surface area contributed by atoms with Crippen molar-refractivity contribution >= 4 is 36.5 Å². The molecule has 0 heterocycles. The highest BCUT2D eigenvalue weighted by atomic mass is 35.5. The van der Waals surface area contributed by atoms with Crippen LogP contribution in [0.2, 0.25) is 0 Å². The molecule has 0 spiro atoms. The van der Waals surface area contributed by atoms with Crippen LogP contribution < -0.4 is 11.5 Å². The molecule has 1 aromatic rings. The van der Waals surface area contributed by atoms with Crippen LogP contribution in [0.15, 0.2) is 24.3 Å². The molecule has 0 aliphatic heterocycles. The molecule has 0 aliphatic carbocycles. The Morgan fingerprint density at radius 3 is 2.12 bits per heavy atom. The molecule has 1 atom stereocenters. The lowest BCUT2D eigenvalue weighted by Crippen LogP contribution is -2.46. The van der Waals surface area contributed by atoms with Gasteiger partial charge in [0.15, 0.2) is 0 Å². The van der Waals surface area contributed by atoms with Gasteiger partial charge in [-0.15, -0.1) is 24.8 Å². The van der Waals surface area contributed by atoms with Crippen LogP contribution in [0, 0.1) is 0 Å². The van der Waals surface area contributed by atoms with Crippen molar-refractivity contribution in [2.24, 2.45) is 5.73 Å². The zero-order valence-corrected chi connectivity index (χ0v) is 10.5. The van der Waals surface area contributed by atoms with Crippen LogP contribution in [0.25, 0.3) is 0 Å². The molecule has 5 N–H and O–H groups in total. The van der Waals surface area contributed by atoms with E-state index in [0.29, 0.717) is 12.1 Å². The minimum absolute atomic E-state index is 0. The fourth-order valence-electron chi connectivity index (χ4n) is 1.14. The van der Waals surface area contributed by atoms with E-state index in [4.69, 9.17) is 16.6 Å². The van der Waals surface area contributed by atoms with E-state index in [1.807, 2.05) is 0 Å². The molecule has 1 aromatic carbocycles. The second-order valence-electron chi connectivity index (χ2n) is 3.64. The van der Waals surface area contributed by atoms with Gasteiger partial charge in [-0.05, 0) is 24.6 Å². The lowest BCUT2D eigenvalue weighted by atomic mass is 9.94. The molecule has 0 amide bonds. The Balaban J connectivity index is 0. The standard InChI is InChI=1S/C10H14N2O2.2ClH/c1-10(12,9(13)14)6-7-2-4-8(11)5-3-7;;/h2-5H,6,11-12H2,1H3,(H,13,14);2*1H. The van der Waals surface area contributed by atoms with Gasteiger partial charge in [0.25, 0.3) is 0 Å². The summed E-state index contributed by atoms with van der Waals surface area (Å²) in [5, 5.41) is 8.81. The number of nitrogens with two attached hydrogens (primary N) is 2. The number of rotatable bonds is 3. The van der Waals surface area contributed by atoms with Gasteiger partial charge in [-0.25, -0.2) is 0 Å². The van der Waals surface area contributed by atoms with Gasteiger partial charge in [-0.3, -0.25) is 4.79 Å². The third-order valence-electron chi connectivity index (χ3n) is 2.04. The molecule has 1 unspecified atom stereocenters. The van der Waals surface area contributed by atoms with Gasteiger partial charge in [0.2, 0.25) is 0 Å². The molecule has 0 saturated heterocycles. The molecule has 6 heteroatoms. The van der Waals surface area contributed by atoms with Gasteiger partial charge in [0.05, 0.1) is 0 Å². The zero-order chi connectivity index (χ0) is 10.8. The summed E-state index contributed by atoms with van der Waals surface area (Å²) >= 11 is 0. The average molecular weight is 267 g/mol. The van der Waals surface area contributed by atoms with Gasteiger partial charge in [-0.2, -0.15) is 0 Å². The van der Waals surface area contributed by atoms with Gasteiger partial charge < -0.3 is 16.6 Å². The quantitative estimate of drug-likeness (QED) is 0.723. The molecule has 0 bridgehead atoms. The Labute approximate surface area is 107 Å². The Kier molecular flexibility index (Phi) is 7.16. The summed E-state index contributed by atoms with van der Waals surface area (Å²) in [6, 6.07) is 7.02. The monoisotopic (exact) mass is 266 g/mol. The van der Waals surface area contributed by atoms with Gasteiger partial charge >= 0.3 is 5.97 Å². The van der Waals surface area contributed by atoms with Crippen molar-refractivity contribution in [3.05, 3.63) is 29.8 Å². The van der Waals surface area contributed by atoms with E-state index in [0.717, 1.165) is 5.56 Å². The van der Waals surface area contributed by atoms with Gasteiger partial charge in [0, 0.05) is 12.1 Å². The predicted octanol–water partition coefficient (Wildman–Crippen LogP) is 1.46. The number of halogens is 2. The number of aliphatic carboxylic acids is 1. The Hall–Kier alpha value is -0.970. The maximum atomic E-state index is 10.7. The Morgan fingerprint density at radius 1 is 1.31 bits per heavy atom. The van der Waals surface area contributed by atoms with Gasteiger partial charge in [0.1, 0.15) is 5.54 Å². The van der Waals surface area contributed by atoms with Crippen molar-refractivity contribution in [2.45, 2.75) is 18.9 Å². The lowest BCUT2D eigenvalue weighted by molar-refractivity contribution is -0.142. The topological polar surface area (TPSA) is 89.3 Å². The highest BCUT2D eigenvalue weighted by Gasteiger charge is 2.27. The molecule has 0 fully saturated rings. The minimum atomic E-state index is -1.23. The van der Waals surface area contributed by atoms with Crippen LogP contribution in [0.3, 0.4) is 0 Å². The summed E-state index contributed by atoms with van der Waals surface area (Å²) < 4.78 is 0. The highest BCUT2D eigenvalue weighted by Crippen LogP contribution is 2.12. The smallest absolute Gasteiger partial charge is 0.323 e. The van der Waals surface area contributed by atoms with E-state index in [1.165, 1.54) is 6.92 Å². The molecule has 0 aromatic heterocycles. The first-order chi connectivity index (χ1) is 6.42. The number of carbonyl (C=O) groups is 1. The average Bonchev–Trinajstić information content (AvgIpc) is 2.08. The molecule has 0 saturated carbocycles. The molecule has 4 nitrogen and oxygen atoms in total. The predicted molar refractivity (Wildman–Crippen MR) is 69.3 cm³/mol. The molecule has 92 valence electrons. The van der Waals surface area contributed by atoms with E-state index in [-0.39, 0.29) is 24.8 Å². The first-order valence-corrected chi connectivity index (χ1v) is 4.28. The summed E-state index contributed by atoms with van der Waals surface area (Å²) in [5.41, 5.74) is 11.4. The van der Waals surface area contributed by atoms with Crippen LogP contribution in [-0.2, 0) is 11.2 Å². The second-order valence-corrected chi connectivity index (χ2v) is 3.64. The van der Waals surface area contributed by atoms with Crippen LogP contribution in [-0.4, -0.2) is 16.6 Å². The zero-order valence-electron chi connectivity index (χ0n) is 8.84. The summed E-state index contributed by atoms with van der Waals surface area (Å²) in [7, 11) is 0. The number of hydrogen-bond acceptors (Lipinski definition) is 3. The maximum absolute atomic E-state index is 10.7. The van der Waals surface area contributed by atoms with Crippen LogP contribution >= 0.6 is 24.8 Å². The van der Waals surface area contributed by atoms with Crippen molar-refractivity contribution in [3.63, 3.8) is 0 Å². The van der Waals surface area contributed by atoms with E-state index in [2.05, 4.69) is 0 Å². The molecule has 0 radical (unpaired) electrons. The largest absolute Gasteiger partial charge is 0.480 e.